The van der Waals surface area contributed by atoms with E-state index in [0.29, 0.717) is 19.0 Å². The zero-order valence-electron chi connectivity index (χ0n) is 10.7. The zero-order valence-corrected chi connectivity index (χ0v) is 11.6. The first-order chi connectivity index (χ1) is 9.27. The minimum Gasteiger partial charge on any atom is -0.399 e. The first-order valence-corrected chi connectivity index (χ1v) is 7.27. The molecule has 6 nitrogen and oxygen atoms in total. The number of benzene rings is 1. The predicted molar refractivity (Wildman–Crippen MR) is 69.3 cm³/mol. The monoisotopic (exact) mass is 307 g/mol. The molecule has 1 amide bonds. The number of nitrogen functional groups attached to an aromatic ring is 1. The average Bonchev–Trinajstić information content (AvgIpc) is 2.38. The molecule has 112 valence electrons. The number of hydrogen-bond acceptors (Lipinski definition) is 4. The Kier molecular flexibility index (Phi) is 5.40. The number of nitrogens with two attached hydrogens (primary N) is 1. The number of amides is 1. The summed E-state index contributed by atoms with van der Waals surface area (Å²) >= 11 is 0. The summed E-state index contributed by atoms with van der Waals surface area (Å²) in [4.78, 5) is 10.3. The van der Waals surface area contributed by atoms with Crippen molar-refractivity contribution in [2.45, 2.75) is 18.2 Å². The molecule has 20 heavy (non-hydrogen) atoms. The molecule has 0 aliphatic heterocycles. The Morgan fingerprint density at radius 2 is 2.00 bits per heavy atom. The van der Waals surface area contributed by atoms with Gasteiger partial charge in [0, 0.05) is 12.2 Å². The van der Waals surface area contributed by atoms with Gasteiger partial charge in [-0.1, -0.05) is 6.92 Å². The number of rotatable bonds is 6. The number of halogens is 2. The van der Waals surface area contributed by atoms with Crippen molar-refractivity contribution in [2.75, 3.05) is 18.8 Å². The molecular formula is C11H15F2N3O3S. The fourth-order valence-electron chi connectivity index (χ4n) is 1.34. The molecule has 0 fully saturated rings. The molecule has 4 N–H and O–H groups in total. The highest BCUT2D eigenvalue weighted by Gasteiger charge is 2.23. The van der Waals surface area contributed by atoms with E-state index in [1.54, 1.807) is 0 Å². The highest BCUT2D eigenvalue weighted by Crippen LogP contribution is 2.20. The normalized spacial score (nSPS) is 11.3. The van der Waals surface area contributed by atoms with Crippen LogP contribution in [0.25, 0.3) is 0 Å². The van der Waals surface area contributed by atoms with Gasteiger partial charge >= 0.3 is 0 Å². The highest BCUT2D eigenvalue weighted by molar-refractivity contribution is 7.89. The molecule has 0 saturated heterocycles. The van der Waals surface area contributed by atoms with E-state index in [1.807, 2.05) is 11.6 Å². The van der Waals surface area contributed by atoms with Crippen molar-refractivity contribution in [2.24, 2.45) is 0 Å². The van der Waals surface area contributed by atoms with Crippen molar-refractivity contribution in [1.29, 1.82) is 0 Å². The van der Waals surface area contributed by atoms with Gasteiger partial charge in [0.2, 0.25) is 15.9 Å². The number of carbonyl (C=O) groups excluding carboxylic acids is 1. The molecule has 1 aromatic carbocycles. The van der Waals surface area contributed by atoms with Crippen LogP contribution in [0.15, 0.2) is 17.0 Å². The molecule has 0 atom stereocenters. The first-order valence-electron chi connectivity index (χ1n) is 5.78. The molecule has 1 aromatic rings. The summed E-state index contributed by atoms with van der Waals surface area (Å²) in [5, 5.41) is 2.44. The SMILES string of the molecule is CCCNC(=O)CNS(=O)(=O)c1cc(N)cc(F)c1F. The summed E-state index contributed by atoms with van der Waals surface area (Å²) in [5.41, 5.74) is 5.03. The quantitative estimate of drug-likeness (QED) is 0.660. The van der Waals surface area contributed by atoms with Gasteiger partial charge < -0.3 is 11.1 Å². The predicted octanol–water partition coefficient (Wildman–Crippen LogP) is 0.352. The third kappa shape index (κ3) is 4.14. The van der Waals surface area contributed by atoms with Crippen molar-refractivity contribution >= 4 is 21.6 Å². The Labute approximate surface area is 115 Å². The van der Waals surface area contributed by atoms with Crippen LogP contribution in [-0.2, 0) is 14.8 Å². The fraction of sp³-hybridized carbons (Fsp3) is 0.364. The molecule has 0 radical (unpaired) electrons. The lowest BCUT2D eigenvalue weighted by Crippen LogP contribution is -2.37. The average molecular weight is 307 g/mol. The van der Waals surface area contributed by atoms with Gasteiger partial charge in [-0.05, 0) is 18.6 Å². The lowest BCUT2D eigenvalue weighted by Gasteiger charge is -2.09. The Balaban J connectivity index is 2.87. The number of anilines is 1. The molecule has 0 heterocycles. The van der Waals surface area contributed by atoms with Crippen LogP contribution in [-0.4, -0.2) is 27.4 Å². The Morgan fingerprint density at radius 1 is 1.35 bits per heavy atom. The van der Waals surface area contributed by atoms with Crippen LogP contribution in [0, 0.1) is 11.6 Å². The Bertz CT molecular complexity index is 605. The van der Waals surface area contributed by atoms with Crippen LogP contribution in [0.1, 0.15) is 13.3 Å². The van der Waals surface area contributed by atoms with Gasteiger partial charge in [-0.3, -0.25) is 4.79 Å². The molecule has 0 aromatic heterocycles. The maximum Gasteiger partial charge on any atom is 0.244 e. The fourth-order valence-corrected chi connectivity index (χ4v) is 2.45. The van der Waals surface area contributed by atoms with E-state index in [-0.39, 0.29) is 5.69 Å². The van der Waals surface area contributed by atoms with Crippen molar-refractivity contribution < 1.29 is 22.0 Å². The van der Waals surface area contributed by atoms with E-state index < -0.39 is 39.0 Å². The molecule has 0 aliphatic carbocycles. The van der Waals surface area contributed by atoms with Crippen LogP contribution in [0.5, 0.6) is 0 Å². The largest absolute Gasteiger partial charge is 0.399 e. The Morgan fingerprint density at radius 3 is 2.60 bits per heavy atom. The lowest BCUT2D eigenvalue weighted by atomic mass is 10.3. The van der Waals surface area contributed by atoms with Gasteiger partial charge in [0.1, 0.15) is 4.90 Å². The molecule has 0 aliphatic rings. The van der Waals surface area contributed by atoms with Gasteiger partial charge in [0.05, 0.1) is 6.54 Å². The van der Waals surface area contributed by atoms with E-state index >= 15 is 0 Å². The maximum absolute atomic E-state index is 13.5. The van der Waals surface area contributed by atoms with Crippen LogP contribution in [0.2, 0.25) is 0 Å². The Hall–Kier alpha value is -1.74. The van der Waals surface area contributed by atoms with Crippen molar-refractivity contribution in [3.63, 3.8) is 0 Å². The maximum atomic E-state index is 13.5. The second kappa shape index (κ2) is 6.62. The smallest absolute Gasteiger partial charge is 0.244 e. The minimum absolute atomic E-state index is 0.236. The highest BCUT2D eigenvalue weighted by atomic mass is 32.2. The van der Waals surface area contributed by atoms with Crippen LogP contribution < -0.4 is 15.8 Å². The summed E-state index contributed by atoms with van der Waals surface area (Å²) in [6.07, 6.45) is 0.688. The van der Waals surface area contributed by atoms with Crippen LogP contribution in [0.4, 0.5) is 14.5 Å². The number of hydrogen-bond donors (Lipinski definition) is 3. The molecule has 0 bridgehead atoms. The lowest BCUT2D eigenvalue weighted by molar-refractivity contribution is -0.119. The van der Waals surface area contributed by atoms with Crippen LogP contribution >= 0.6 is 0 Å². The second-order valence-electron chi connectivity index (χ2n) is 3.99. The summed E-state index contributed by atoms with van der Waals surface area (Å²) < 4.78 is 52.0. The number of sulfonamides is 1. The topological polar surface area (TPSA) is 101 Å². The summed E-state index contributed by atoms with van der Waals surface area (Å²) in [6, 6.07) is 1.45. The number of nitrogens with one attached hydrogen (secondary N) is 2. The second-order valence-corrected chi connectivity index (χ2v) is 5.72. The zero-order chi connectivity index (χ0) is 15.3. The van der Waals surface area contributed by atoms with Gasteiger partial charge in [-0.2, -0.15) is 0 Å². The molecule has 0 saturated carbocycles. The standard InChI is InChI=1S/C11H15F2N3O3S/c1-2-3-15-10(17)6-16-20(18,19)9-5-7(14)4-8(12)11(9)13/h4-5,16H,2-3,6,14H2,1H3,(H,15,17). The van der Waals surface area contributed by atoms with E-state index in [1.165, 1.54) is 0 Å². The van der Waals surface area contributed by atoms with Crippen molar-refractivity contribution in [3.05, 3.63) is 23.8 Å². The summed E-state index contributed by atoms with van der Waals surface area (Å²) in [5.74, 6) is -3.48. The van der Waals surface area contributed by atoms with Gasteiger partial charge in [0.15, 0.2) is 11.6 Å². The van der Waals surface area contributed by atoms with Crippen molar-refractivity contribution in [1.82, 2.24) is 10.0 Å². The summed E-state index contributed by atoms with van der Waals surface area (Å²) in [6.45, 7) is 1.65. The van der Waals surface area contributed by atoms with Crippen LogP contribution in [0.3, 0.4) is 0 Å². The molecule has 0 spiro atoms. The van der Waals surface area contributed by atoms with Gasteiger partial charge in [-0.15, -0.1) is 0 Å². The molecule has 9 heteroatoms. The molecule has 1 rings (SSSR count). The molecular weight excluding hydrogens is 292 g/mol. The number of carbonyl (C=O) groups is 1. The third-order valence-electron chi connectivity index (χ3n) is 2.30. The van der Waals surface area contributed by atoms with E-state index in [0.717, 1.165) is 6.07 Å². The minimum atomic E-state index is -4.36. The first kappa shape index (κ1) is 16.3. The summed E-state index contributed by atoms with van der Waals surface area (Å²) in [7, 11) is -4.36. The van der Waals surface area contributed by atoms with Crippen molar-refractivity contribution in [3.8, 4) is 0 Å². The van der Waals surface area contributed by atoms with E-state index in [4.69, 9.17) is 5.73 Å². The van der Waals surface area contributed by atoms with E-state index in [2.05, 4.69) is 5.32 Å². The van der Waals surface area contributed by atoms with Gasteiger partial charge in [0.25, 0.3) is 0 Å². The third-order valence-corrected chi connectivity index (χ3v) is 3.70. The van der Waals surface area contributed by atoms with Gasteiger partial charge in [-0.25, -0.2) is 21.9 Å². The van der Waals surface area contributed by atoms with E-state index in [9.17, 15) is 22.0 Å². The molecule has 0 unspecified atom stereocenters.